The summed E-state index contributed by atoms with van der Waals surface area (Å²) >= 11 is 0. The number of ether oxygens (including phenoxy) is 4. The quantitative estimate of drug-likeness (QED) is 0.0891. The summed E-state index contributed by atoms with van der Waals surface area (Å²) in [6.45, 7) is 14.8. The molecule has 8 heteroatoms. The van der Waals surface area contributed by atoms with Crippen LogP contribution in [-0.4, -0.2) is 23.7 Å². The molecule has 0 N–H and O–H groups in total. The molecule has 3 rings (SSSR count). The highest BCUT2D eigenvalue weighted by atomic mass is 16.6. The van der Waals surface area contributed by atoms with Crippen molar-refractivity contribution in [1.29, 1.82) is 0 Å². The van der Waals surface area contributed by atoms with Crippen LogP contribution in [0.15, 0.2) is 103 Å². The topological polar surface area (TPSA) is 105 Å². The molecule has 0 atom stereocenters. The van der Waals surface area contributed by atoms with Crippen LogP contribution in [0.1, 0.15) is 34.6 Å². The molecular weight excluding hydrogens is 524 g/mol. The van der Waals surface area contributed by atoms with Gasteiger partial charge in [0.25, 0.3) is 0 Å². The van der Waals surface area contributed by atoms with Crippen LogP contribution in [0.25, 0.3) is 22.3 Å². The lowest BCUT2D eigenvalue weighted by atomic mass is 9.99. The summed E-state index contributed by atoms with van der Waals surface area (Å²) in [5, 5.41) is 0. The second-order valence-corrected chi connectivity index (χ2v) is 9.26. The predicted octanol–water partition coefficient (Wildman–Crippen LogP) is 6.75. The molecule has 210 valence electrons. The van der Waals surface area contributed by atoms with Crippen molar-refractivity contribution in [2.75, 3.05) is 0 Å². The molecule has 0 fully saturated rings. The second-order valence-electron chi connectivity index (χ2n) is 9.26. The van der Waals surface area contributed by atoms with E-state index in [4.69, 9.17) is 18.9 Å². The molecule has 0 aliphatic carbocycles. The molecule has 0 heterocycles. The zero-order valence-corrected chi connectivity index (χ0v) is 23.5. The van der Waals surface area contributed by atoms with Crippen LogP contribution in [0.4, 0.5) is 0 Å². The van der Waals surface area contributed by atoms with Crippen LogP contribution >= 0.6 is 0 Å². The largest absolute Gasteiger partial charge is 0.459 e. The number of Topliss-reactive ketones (excluding diaryl/α,β-unsaturated/α-hetero) is 1. The maximum absolute atomic E-state index is 12.4. The maximum Gasteiger partial charge on any atom is 0.379 e. The smallest absolute Gasteiger partial charge is 0.379 e. The van der Waals surface area contributed by atoms with Gasteiger partial charge in [0, 0.05) is 23.6 Å². The van der Waals surface area contributed by atoms with E-state index in [0.29, 0.717) is 34.1 Å². The van der Waals surface area contributed by atoms with E-state index in [0.717, 1.165) is 18.1 Å². The molecule has 0 saturated carbocycles. The van der Waals surface area contributed by atoms with Crippen LogP contribution in [0.3, 0.4) is 0 Å². The summed E-state index contributed by atoms with van der Waals surface area (Å²) < 4.78 is 21.7. The highest BCUT2D eigenvalue weighted by Gasteiger charge is 2.15. The van der Waals surface area contributed by atoms with Crippen LogP contribution in [-0.2, 0) is 23.9 Å². The van der Waals surface area contributed by atoms with E-state index >= 15 is 0 Å². The van der Waals surface area contributed by atoms with Crippen molar-refractivity contribution < 1.29 is 38.1 Å². The van der Waals surface area contributed by atoms with Gasteiger partial charge < -0.3 is 18.9 Å². The van der Waals surface area contributed by atoms with Gasteiger partial charge in [-0.1, -0.05) is 49.6 Å². The molecular formula is C33H30O8. The SMILES string of the molecule is C=C(C)C(=O)OC(C)=C(C)Oc1ccc(-c2ccc(-c3ccc(OC(=O)C(C)=O)cc3)c(OC(=O)C(=C)C)c2)cc1. The Balaban J connectivity index is 1.88. The molecule has 3 aromatic rings. The second kappa shape index (κ2) is 13.2. The van der Waals surface area contributed by atoms with Crippen molar-refractivity contribution in [3.05, 3.63) is 103 Å². The molecule has 0 radical (unpaired) electrons. The molecule has 0 saturated heterocycles. The minimum atomic E-state index is -0.956. The van der Waals surface area contributed by atoms with Gasteiger partial charge in [-0.05, 0) is 74.7 Å². The molecule has 0 aliphatic rings. The first kappa shape index (κ1) is 30.3. The molecule has 0 aliphatic heterocycles. The first-order valence-corrected chi connectivity index (χ1v) is 12.5. The molecule has 41 heavy (non-hydrogen) atoms. The molecule has 0 unspecified atom stereocenters. The van der Waals surface area contributed by atoms with Gasteiger partial charge in [-0.3, -0.25) is 4.79 Å². The van der Waals surface area contributed by atoms with Gasteiger partial charge in [-0.15, -0.1) is 0 Å². The third-order valence-electron chi connectivity index (χ3n) is 5.74. The molecule has 0 amide bonds. The van der Waals surface area contributed by atoms with E-state index in [1.54, 1.807) is 70.2 Å². The standard InChI is InChI=1S/C33H30O8/c1-19(2)31(35)39-23(7)22(6)38-27-13-8-24(9-14-27)26-12-17-29(30(18-26)41-32(36)20(3)4)25-10-15-28(16-11-25)40-33(37)21(5)34/h8-18H,1,3H2,2,4-7H3. The number of hydrogen-bond acceptors (Lipinski definition) is 8. The predicted molar refractivity (Wildman–Crippen MR) is 154 cm³/mol. The van der Waals surface area contributed by atoms with Gasteiger partial charge in [0.1, 0.15) is 28.8 Å². The Kier molecular flexibility index (Phi) is 9.76. The van der Waals surface area contributed by atoms with Gasteiger partial charge in [-0.25, -0.2) is 14.4 Å². The zero-order valence-electron chi connectivity index (χ0n) is 23.5. The van der Waals surface area contributed by atoms with Crippen molar-refractivity contribution in [1.82, 2.24) is 0 Å². The van der Waals surface area contributed by atoms with Gasteiger partial charge in [0.15, 0.2) is 0 Å². The van der Waals surface area contributed by atoms with E-state index in [-0.39, 0.29) is 16.9 Å². The van der Waals surface area contributed by atoms with E-state index < -0.39 is 23.7 Å². The number of carbonyl (C=O) groups excluding carboxylic acids is 4. The molecule has 0 bridgehead atoms. The minimum Gasteiger partial charge on any atom is -0.459 e. The number of allylic oxidation sites excluding steroid dienone is 2. The Morgan fingerprint density at radius 3 is 1.59 bits per heavy atom. The molecule has 0 spiro atoms. The number of hydrogen-bond donors (Lipinski definition) is 0. The lowest BCUT2D eigenvalue weighted by Gasteiger charge is -2.14. The fourth-order valence-corrected chi connectivity index (χ4v) is 3.36. The number of ketones is 1. The van der Waals surface area contributed by atoms with E-state index in [1.807, 2.05) is 24.3 Å². The minimum absolute atomic E-state index is 0.211. The molecule has 0 aromatic heterocycles. The number of esters is 3. The van der Waals surface area contributed by atoms with E-state index in [2.05, 4.69) is 13.2 Å². The van der Waals surface area contributed by atoms with Crippen LogP contribution in [0.5, 0.6) is 17.2 Å². The lowest BCUT2D eigenvalue weighted by molar-refractivity contribution is -0.146. The Bertz CT molecular complexity index is 1560. The van der Waals surface area contributed by atoms with Gasteiger partial charge in [-0.2, -0.15) is 0 Å². The Morgan fingerprint density at radius 1 is 0.537 bits per heavy atom. The van der Waals surface area contributed by atoms with Crippen molar-refractivity contribution in [3.63, 3.8) is 0 Å². The van der Waals surface area contributed by atoms with Crippen LogP contribution < -0.4 is 14.2 Å². The van der Waals surface area contributed by atoms with Gasteiger partial charge in [0.2, 0.25) is 5.78 Å². The summed E-state index contributed by atoms with van der Waals surface area (Å²) in [4.78, 5) is 46.9. The Labute approximate surface area is 238 Å². The zero-order chi connectivity index (χ0) is 30.3. The van der Waals surface area contributed by atoms with E-state index in [9.17, 15) is 19.2 Å². The van der Waals surface area contributed by atoms with Crippen LogP contribution in [0, 0.1) is 0 Å². The van der Waals surface area contributed by atoms with Crippen molar-refractivity contribution >= 4 is 23.7 Å². The summed E-state index contributed by atoms with van der Waals surface area (Å²) in [5.41, 5.74) is 3.44. The highest BCUT2D eigenvalue weighted by molar-refractivity contribution is 6.33. The maximum atomic E-state index is 12.4. The van der Waals surface area contributed by atoms with Crippen LogP contribution in [0.2, 0.25) is 0 Å². The third kappa shape index (κ3) is 8.12. The fourth-order valence-electron chi connectivity index (χ4n) is 3.36. The lowest BCUT2D eigenvalue weighted by Crippen LogP contribution is -2.16. The summed E-state index contributed by atoms with van der Waals surface area (Å²) in [7, 11) is 0. The summed E-state index contributed by atoms with van der Waals surface area (Å²) in [6, 6.07) is 19.1. The summed E-state index contributed by atoms with van der Waals surface area (Å²) in [6.07, 6.45) is 0. The first-order valence-electron chi connectivity index (χ1n) is 12.5. The van der Waals surface area contributed by atoms with Crippen molar-refractivity contribution in [2.45, 2.75) is 34.6 Å². The first-order chi connectivity index (χ1) is 19.3. The van der Waals surface area contributed by atoms with Gasteiger partial charge >= 0.3 is 17.9 Å². The number of benzene rings is 3. The summed E-state index contributed by atoms with van der Waals surface area (Å²) in [5.74, 6) is -0.969. The fraction of sp³-hybridized carbons (Fsp3) is 0.152. The Hall–Kier alpha value is -5.24. The Morgan fingerprint density at radius 2 is 1.05 bits per heavy atom. The normalized spacial score (nSPS) is 11.0. The highest BCUT2D eigenvalue weighted by Crippen LogP contribution is 2.36. The molecule has 8 nitrogen and oxygen atoms in total. The number of rotatable bonds is 10. The van der Waals surface area contributed by atoms with Gasteiger partial charge in [0.05, 0.1) is 0 Å². The van der Waals surface area contributed by atoms with Crippen molar-refractivity contribution in [3.8, 4) is 39.5 Å². The van der Waals surface area contributed by atoms with E-state index in [1.165, 1.54) is 0 Å². The average molecular weight is 555 g/mol. The third-order valence-corrected chi connectivity index (χ3v) is 5.74. The number of carbonyl (C=O) groups is 4. The average Bonchev–Trinajstić information content (AvgIpc) is 2.93. The van der Waals surface area contributed by atoms with Crippen molar-refractivity contribution in [2.24, 2.45) is 0 Å². The molecule has 3 aromatic carbocycles. The monoisotopic (exact) mass is 554 g/mol.